The van der Waals surface area contributed by atoms with Crippen molar-refractivity contribution in [1.29, 1.82) is 5.26 Å². The second-order valence-corrected chi connectivity index (χ2v) is 3.88. The number of rotatable bonds is 3. The van der Waals surface area contributed by atoms with Crippen molar-refractivity contribution in [2.45, 2.75) is 25.7 Å². The second kappa shape index (κ2) is 4.79. The van der Waals surface area contributed by atoms with E-state index in [0.29, 0.717) is 6.42 Å². The number of anilines is 1. The van der Waals surface area contributed by atoms with E-state index in [-0.39, 0.29) is 0 Å². The van der Waals surface area contributed by atoms with Gasteiger partial charge in [0.1, 0.15) is 5.82 Å². The third-order valence-corrected chi connectivity index (χ3v) is 2.76. The fourth-order valence-electron chi connectivity index (χ4n) is 1.90. The summed E-state index contributed by atoms with van der Waals surface area (Å²) >= 11 is 0. The molecule has 0 aromatic carbocycles. The molecule has 2 rings (SSSR count). The number of hydrogen-bond donors (Lipinski definition) is 0. The van der Waals surface area contributed by atoms with Crippen molar-refractivity contribution in [1.82, 2.24) is 4.98 Å². The molecule has 0 aliphatic carbocycles. The average molecular weight is 201 g/mol. The van der Waals surface area contributed by atoms with Crippen LogP contribution in [0.4, 0.5) is 5.82 Å². The lowest BCUT2D eigenvalue weighted by atomic mass is 10.2. The molecule has 1 saturated heterocycles. The van der Waals surface area contributed by atoms with Crippen molar-refractivity contribution in [2.24, 2.45) is 0 Å². The van der Waals surface area contributed by atoms with E-state index >= 15 is 0 Å². The molecule has 1 aromatic heterocycles. The molecule has 0 atom stereocenters. The van der Waals surface area contributed by atoms with Crippen molar-refractivity contribution in [2.75, 3.05) is 18.0 Å². The van der Waals surface area contributed by atoms with E-state index in [9.17, 15) is 0 Å². The normalized spacial score (nSPS) is 15.3. The van der Waals surface area contributed by atoms with Gasteiger partial charge in [0, 0.05) is 25.7 Å². The summed E-state index contributed by atoms with van der Waals surface area (Å²) in [6.07, 6.45) is 5.83. The van der Waals surface area contributed by atoms with Gasteiger partial charge in [0.15, 0.2) is 0 Å². The number of pyridine rings is 1. The highest BCUT2D eigenvalue weighted by Crippen LogP contribution is 2.17. The highest BCUT2D eigenvalue weighted by Gasteiger charge is 2.12. The van der Waals surface area contributed by atoms with Crippen LogP contribution in [0, 0.1) is 11.3 Å². The average Bonchev–Trinajstić information content (AvgIpc) is 2.80. The summed E-state index contributed by atoms with van der Waals surface area (Å²) in [7, 11) is 0. The van der Waals surface area contributed by atoms with E-state index in [4.69, 9.17) is 5.26 Å². The SMILES string of the molecule is N#CCCc1ccc(N2CCCC2)nc1. The van der Waals surface area contributed by atoms with Crippen molar-refractivity contribution < 1.29 is 0 Å². The highest BCUT2D eigenvalue weighted by atomic mass is 15.2. The molecular weight excluding hydrogens is 186 g/mol. The fraction of sp³-hybridized carbons (Fsp3) is 0.500. The summed E-state index contributed by atoms with van der Waals surface area (Å²) < 4.78 is 0. The lowest BCUT2D eigenvalue weighted by Gasteiger charge is -2.15. The quantitative estimate of drug-likeness (QED) is 0.752. The highest BCUT2D eigenvalue weighted by molar-refractivity contribution is 5.40. The smallest absolute Gasteiger partial charge is 0.128 e. The summed E-state index contributed by atoms with van der Waals surface area (Å²) in [6.45, 7) is 2.26. The van der Waals surface area contributed by atoms with E-state index < -0.39 is 0 Å². The zero-order valence-electron chi connectivity index (χ0n) is 8.82. The monoisotopic (exact) mass is 201 g/mol. The van der Waals surface area contributed by atoms with Gasteiger partial charge >= 0.3 is 0 Å². The van der Waals surface area contributed by atoms with Crippen LogP contribution in [0.1, 0.15) is 24.8 Å². The molecule has 0 N–H and O–H groups in total. The van der Waals surface area contributed by atoms with Gasteiger partial charge in [0.2, 0.25) is 0 Å². The van der Waals surface area contributed by atoms with Gasteiger partial charge in [-0.15, -0.1) is 0 Å². The molecule has 2 heterocycles. The Labute approximate surface area is 90.4 Å². The molecule has 15 heavy (non-hydrogen) atoms. The number of nitrogens with zero attached hydrogens (tertiary/aromatic N) is 3. The van der Waals surface area contributed by atoms with Crippen LogP contribution in [0.25, 0.3) is 0 Å². The third-order valence-electron chi connectivity index (χ3n) is 2.76. The minimum absolute atomic E-state index is 0.574. The molecule has 0 spiro atoms. The Kier molecular flexibility index (Phi) is 3.18. The van der Waals surface area contributed by atoms with Crippen LogP contribution < -0.4 is 4.90 Å². The number of aryl methyl sites for hydroxylation is 1. The van der Waals surface area contributed by atoms with Crippen LogP contribution >= 0.6 is 0 Å². The van der Waals surface area contributed by atoms with E-state index in [1.807, 2.05) is 6.20 Å². The molecule has 1 fully saturated rings. The first-order chi connectivity index (χ1) is 7.40. The first kappa shape index (κ1) is 9.97. The molecule has 1 aromatic rings. The van der Waals surface area contributed by atoms with Gasteiger partial charge in [0.05, 0.1) is 6.07 Å². The molecule has 0 saturated carbocycles. The molecule has 3 nitrogen and oxygen atoms in total. The molecule has 1 aliphatic heterocycles. The maximum atomic E-state index is 8.48. The Morgan fingerprint density at radius 2 is 2.13 bits per heavy atom. The van der Waals surface area contributed by atoms with Gasteiger partial charge in [-0.05, 0) is 30.9 Å². The number of hydrogen-bond acceptors (Lipinski definition) is 3. The summed E-state index contributed by atoms with van der Waals surface area (Å²) in [6, 6.07) is 6.30. The maximum absolute atomic E-state index is 8.48. The minimum Gasteiger partial charge on any atom is -0.357 e. The molecule has 3 heteroatoms. The predicted octanol–water partition coefficient (Wildman–Crippen LogP) is 2.14. The minimum atomic E-state index is 0.574. The van der Waals surface area contributed by atoms with Crippen molar-refractivity contribution >= 4 is 5.82 Å². The fourth-order valence-corrected chi connectivity index (χ4v) is 1.90. The Morgan fingerprint density at radius 3 is 2.73 bits per heavy atom. The molecule has 0 radical (unpaired) electrons. The van der Waals surface area contributed by atoms with Gasteiger partial charge < -0.3 is 4.90 Å². The summed E-state index contributed by atoms with van der Waals surface area (Å²) in [4.78, 5) is 6.74. The summed E-state index contributed by atoms with van der Waals surface area (Å²) in [5.41, 5.74) is 1.15. The largest absolute Gasteiger partial charge is 0.357 e. The molecule has 1 aliphatic rings. The molecule has 0 unspecified atom stereocenters. The molecule has 0 amide bonds. The zero-order valence-corrected chi connectivity index (χ0v) is 8.82. The van der Waals surface area contributed by atoms with Crippen molar-refractivity contribution in [3.05, 3.63) is 23.9 Å². The Morgan fingerprint density at radius 1 is 1.33 bits per heavy atom. The topological polar surface area (TPSA) is 39.9 Å². The predicted molar refractivity (Wildman–Crippen MR) is 59.6 cm³/mol. The summed E-state index contributed by atoms with van der Waals surface area (Å²) in [5.74, 6) is 1.08. The molecular formula is C12H15N3. The van der Waals surface area contributed by atoms with Gasteiger partial charge in [-0.25, -0.2) is 4.98 Å². The maximum Gasteiger partial charge on any atom is 0.128 e. The van der Waals surface area contributed by atoms with E-state index in [1.165, 1.54) is 12.8 Å². The Bertz CT molecular complexity index is 344. The first-order valence-electron chi connectivity index (χ1n) is 5.47. The van der Waals surface area contributed by atoms with Gasteiger partial charge in [-0.2, -0.15) is 5.26 Å². The van der Waals surface area contributed by atoms with Crippen LogP contribution in [0.2, 0.25) is 0 Å². The standard InChI is InChI=1S/C12H15N3/c13-7-3-4-11-5-6-12(14-10-11)15-8-1-2-9-15/h5-6,10H,1-4,8-9H2. The molecule has 0 bridgehead atoms. The zero-order chi connectivity index (χ0) is 10.5. The van der Waals surface area contributed by atoms with Crippen LogP contribution in [0.3, 0.4) is 0 Å². The van der Waals surface area contributed by atoms with Crippen LogP contribution in [-0.2, 0) is 6.42 Å². The Hall–Kier alpha value is -1.56. The van der Waals surface area contributed by atoms with Crippen molar-refractivity contribution in [3.63, 3.8) is 0 Å². The lowest BCUT2D eigenvalue weighted by molar-refractivity contribution is 0.925. The number of nitriles is 1. The van der Waals surface area contributed by atoms with Crippen LogP contribution in [0.5, 0.6) is 0 Å². The van der Waals surface area contributed by atoms with Gasteiger partial charge in [-0.1, -0.05) is 6.07 Å². The second-order valence-electron chi connectivity index (χ2n) is 3.88. The third kappa shape index (κ3) is 2.47. The molecule has 78 valence electrons. The first-order valence-corrected chi connectivity index (χ1v) is 5.47. The lowest BCUT2D eigenvalue weighted by Crippen LogP contribution is -2.18. The van der Waals surface area contributed by atoms with Crippen molar-refractivity contribution in [3.8, 4) is 6.07 Å². The Balaban J connectivity index is 2.00. The number of aromatic nitrogens is 1. The van der Waals surface area contributed by atoms with E-state index in [2.05, 4.69) is 28.1 Å². The van der Waals surface area contributed by atoms with Gasteiger partial charge in [0.25, 0.3) is 0 Å². The van der Waals surface area contributed by atoms with E-state index in [1.54, 1.807) is 0 Å². The van der Waals surface area contributed by atoms with Crippen LogP contribution in [0.15, 0.2) is 18.3 Å². The van der Waals surface area contributed by atoms with Crippen LogP contribution in [-0.4, -0.2) is 18.1 Å². The van der Waals surface area contributed by atoms with E-state index in [0.717, 1.165) is 30.9 Å². The summed E-state index contributed by atoms with van der Waals surface area (Å²) in [5, 5.41) is 8.48. The van der Waals surface area contributed by atoms with Gasteiger partial charge in [-0.3, -0.25) is 0 Å².